The van der Waals surface area contributed by atoms with Crippen molar-refractivity contribution in [3.05, 3.63) is 33.9 Å². The van der Waals surface area contributed by atoms with E-state index in [1.54, 1.807) is 6.07 Å². The number of rotatable bonds is 3. The van der Waals surface area contributed by atoms with Gasteiger partial charge in [-0.05, 0) is 31.7 Å². The molecule has 0 saturated carbocycles. The van der Waals surface area contributed by atoms with Crippen LogP contribution in [0.15, 0.2) is 18.2 Å². The third kappa shape index (κ3) is 2.19. The second-order valence-electron chi connectivity index (χ2n) is 3.86. The number of benzene rings is 1. The van der Waals surface area contributed by atoms with Crippen LogP contribution in [-0.2, 0) is 0 Å². The van der Waals surface area contributed by atoms with E-state index in [0.29, 0.717) is 10.0 Å². The largest absolute Gasteiger partial charge is 0.356 e. The highest BCUT2D eigenvalue weighted by Gasteiger charge is 2.10. The molecule has 0 amide bonds. The number of aromatic nitrogens is 1. The van der Waals surface area contributed by atoms with Gasteiger partial charge in [0.05, 0.1) is 10.5 Å². The van der Waals surface area contributed by atoms with E-state index in [0.717, 1.165) is 23.1 Å². The van der Waals surface area contributed by atoms with Gasteiger partial charge in [0.25, 0.3) is 0 Å². The Kier molecular flexibility index (Phi) is 3.43. The molecule has 0 radical (unpaired) electrons. The van der Waals surface area contributed by atoms with Gasteiger partial charge in [0.2, 0.25) is 0 Å². The van der Waals surface area contributed by atoms with Gasteiger partial charge in [0, 0.05) is 22.1 Å². The molecule has 4 heteroatoms. The van der Waals surface area contributed by atoms with Crippen molar-refractivity contribution in [2.24, 2.45) is 0 Å². The Bertz CT molecular complexity index is 505. The summed E-state index contributed by atoms with van der Waals surface area (Å²) in [5.41, 5.74) is 2.08. The lowest BCUT2D eigenvalue weighted by molar-refractivity contribution is 0.587. The number of halogens is 2. The van der Waals surface area contributed by atoms with Crippen LogP contribution >= 0.6 is 23.2 Å². The van der Waals surface area contributed by atoms with Crippen molar-refractivity contribution in [2.75, 3.05) is 6.54 Å². The normalized spacial score (nSPS) is 13.2. The zero-order valence-electron chi connectivity index (χ0n) is 9.27. The molecule has 1 aromatic heterocycles. The molecule has 0 aliphatic carbocycles. The first-order chi connectivity index (χ1) is 7.61. The SMILES string of the molecule is CCNC(C)c1cc2cc(Cl)cc(Cl)c2[nH]1. The number of hydrogen-bond donors (Lipinski definition) is 2. The molecule has 1 unspecified atom stereocenters. The molecule has 2 nitrogen and oxygen atoms in total. The highest BCUT2D eigenvalue weighted by Crippen LogP contribution is 2.29. The molecule has 0 fully saturated rings. The van der Waals surface area contributed by atoms with Crippen molar-refractivity contribution in [2.45, 2.75) is 19.9 Å². The maximum absolute atomic E-state index is 6.12. The van der Waals surface area contributed by atoms with Crippen molar-refractivity contribution >= 4 is 34.1 Å². The first kappa shape index (κ1) is 11.8. The molecule has 86 valence electrons. The van der Waals surface area contributed by atoms with E-state index in [2.05, 4.69) is 30.2 Å². The summed E-state index contributed by atoms with van der Waals surface area (Å²) >= 11 is 12.1. The van der Waals surface area contributed by atoms with Crippen LogP contribution in [0.5, 0.6) is 0 Å². The van der Waals surface area contributed by atoms with Crippen LogP contribution in [0.1, 0.15) is 25.6 Å². The van der Waals surface area contributed by atoms with Crippen molar-refractivity contribution in [3.63, 3.8) is 0 Å². The van der Waals surface area contributed by atoms with E-state index in [4.69, 9.17) is 23.2 Å². The molecule has 2 N–H and O–H groups in total. The van der Waals surface area contributed by atoms with Gasteiger partial charge in [0.1, 0.15) is 0 Å². The molecule has 2 aromatic rings. The lowest BCUT2D eigenvalue weighted by atomic mass is 10.2. The molecular formula is C12H14Cl2N2. The Morgan fingerprint density at radius 2 is 2.06 bits per heavy atom. The van der Waals surface area contributed by atoms with E-state index in [-0.39, 0.29) is 6.04 Å². The molecule has 0 spiro atoms. The zero-order chi connectivity index (χ0) is 11.7. The molecule has 0 aliphatic heterocycles. The predicted molar refractivity (Wildman–Crippen MR) is 70.4 cm³/mol. The van der Waals surface area contributed by atoms with Gasteiger partial charge in [-0.3, -0.25) is 0 Å². The van der Waals surface area contributed by atoms with Crippen molar-refractivity contribution < 1.29 is 0 Å². The summed E-state index contributed by atoms with van der Waals surface area (Å²) in [6.07, 6.45) is 0. The molecule has 1 atom stereocenters. The minimum Gasteiger partial charge on any atom is -0.356 e. The molecular weight excluding hydrogens is 243 g/mol. The van der Waals surface area contributed by atoms with Crippen LogP contribution in [-0.4, -0.2) is 11.5 Å². The van der Waals surface area contributed by atoms with E-state index < -0.39 is 0 Å². The molecule has 0 aliphatic rings. The first-order valence-corrected chi connectivity index (χ1v) is 6.08. The third-order valence-electron chi connectivity index (χ3n) is 2.64. The summed E-state index contributed by atoms with van der Waals surface area (Å²) in [6.45, 7) is 5.14. The minimum absolute atomic E-state index is 0.284. The topological polar surface area (TPSA) is 27.8 Å². The summed E-state index contributed by atoms with van der Waals surface area (Å²) in [5, 5.41) is 5.73. The summed E-state index contributed by atoms with van der Waals surface area (Å²) in [6, 6.07) is 6.04. The number of aromatic amines is 1. The first-order valence-electron chi connectivity index (χ1n) is 5.33. The van der Waals surface area contributed by atoms with Crippen LogP contribution in [0.4, 0.5) is 0 Å². The van der Waals surface area contributed by atoms with Gasteiger partial charge in [-0.2, -0.15) is 0 Å². The number of H-pyrrole nitrogens is 1. The van der Waals surface area contributed by atoms with Gasteiger partial charge in [0.15, 0.2) is 0 Å². The Balaban J connectivity index is 2.47. The van der Waals surface area contributed by atoms with E-state index in [9.17, 15) is 0 Å². The molecule has 1 aromatic carbocycles. The Morgan fingerprint density at radius 3 is 2.75 bits per heavy atom. The molecule has 1 heterocycles. The van der Waals surface area contributed by atoms with Crippen LogP contribution < -0.4 is 5.32 Å². The molecule has 0 saturated heterocycles. The van der Waals surface area contributed by atoms with Crippen molar-refractivity contribution in [1.29, 1.82) is 0 Å². The number of fused-ring (bicyclic) bond motifs is 1. The fourth-order valence-corrected chi connectivity index (χ4v) is 2.39. The molecule has 0 bridgehead atoms. The minimum atomic E-state index is 0.284. The standard InChI is InChI=1S/C12H14Cl2N2/c1-3-15-7(2)11-5-8-4-9(13)6-10(14)12(8)16-11/h4-7,15-16H,3H2,1-2H3. The van der Waals surface area contributed by atoms with E-state index in [1.165, 1.54) is 0 Å². The lowest BCUT2D eigenvalue weighted by Crippen LogP contribution is -2.17. The number of hydrogen-bond acceptors (Lipinski definition) is 1. The zero-order valence-corrected chi connectivity index (χ0v) is 10.8. The molecule has 2 rings (SSSR count). The lowest BCUT2D eigenvalue weighted by Gasteiger charge is -2.09. The van der Waals surface area contributed by atoms with Crippen LogP contribution in [0.2, 0.25) is 10.0 Å². The van der Waals surface area contributed by atoms with E-state index in [1.807, 2.05) is 6.07 Å². The molecule has 16 heavy (non-hydrogen) atoms. The highest BCUT2D eigenvalue weighted by molar-refractivity contribution is 6.38. The third-order valence-corrected chi connectivity index (χ3v) is 3.16. The quantitative estimate of drug-likeness (QED) is 0.849. The summed E-state index contributed by atoms with van der Waals surface area (Å²) in [5.74, 6) is 0. The maximum atomic E-state index is 6.12. The predicted octanol–water partition coefficient (Wildman–Crippen LogP) is 4.15. The summed E-state index contributed by atoms with van der Waals surface area (Å²) in [4.78, 5) is 3.32. The van der Waals surface area contributed by atoms with Crippen molar-refractivity contribution in [1.82, 2.24) is 10.3 Å². The second kappa shape index (κ2) is 4.66. The Labute approximate surface area is 105 Å². The monoisotopic (exact) mass is 256 g/mol. The van der Waals surface area contributed by atoms with Crippen LogP contribution in [0, 0.1) is 0 Å². The smallest absolute Gasteiger partial charge is 0.0661 e. The number of nitrogens with one attached hydrogen (secondary N) is 2. The Hall–Kier alpha value is -0.700. The van der Waals surface area contributed by atoms with Gasteiger partial charge in [-0.25, -0.2) is 0 Å². The van der Waals surface area contributed by atoms with Crippen LogP contribution in [0.3, 0.4) is 0 Å². The van der Waals surface area contributed by atoms with Gasteiger partial charge in [-0.15, -0.1) is 0 Å². The van der Waals surface area contributed by atoms with Crippen LogP contribution in [0.25, 0.3) is 10.9 Å². The van der Waals surface area contributed by atoms with Gasteiger partial charge in [-0.1, -0.05) is 30.1 Å². The summed E-state index contributed by atoms with van der Waals surface area (Å²) in [7, 11) is 0. The average molecular weight is 257 g/mol. The van der Waals surface area contributed by atoms with Gasteiger partial charge >= 0.3 is 0 Å². The fraction of sp³-hybridized carbons (Fsp3) is 0.333. The maximum Gasteiger partial charge on any atom is 0.0661 e. The highest BCUT2D eigenvalue weighted by atomic mass is 35.5. The van der Waals surface area contributed by atoms with Crippen molar-refractivity contribution in [3.8, 4) is 0 Å². The van der Waals surface area contributed by atoms with E-state index >= 15 is 0 Å². The summed E-state index contributed by atoms with van der Waals surface area (Å²) < 4.78 is 0. The average Bonchev–Trinajstić information content (AvgIpc) is 2.62. The van der Waals surface area contributed by atoms with Gasteiger partial charge < -0.3 is 10.3 Å². The fourth-order valence-electron chi connectivity index (χ4n) is 1.84. The second-order valence-corrected chi connectivity index (χ2v) is 4.70. The Morgan fingerprint density at radius 1 is 1.31 bits per heavy atom.